The fourth-order valence-electron chi connectivity index (χ4n) is 2.12. The number of thioether (sulfide) groups is 1. The van der Waals surface area contributed by atoms with E-state index in [0.29, 0.717) is 0 Å². The molecule has 0 saturated carbocycles. The Hall–Kier alpha value is -1.72. The minimum Gasteiger partial charge on any atom is -0.464 e. The SMILES string of the molecule is CCCNCc1ccc(CSc2nc3ccccc3[nH]2)o1. The van der Waals surface area contributed by atoms with E-state index in [1.165, 1.54) is 0 Å². The molecule has 0 fully saturated rings. The Morgan fingerprint density at radius 2 is 2.05 bits per heavy atom. The Balaban J connectivity index is 1.57. The number of H-pyrrole nitrogens is 1. The number of aromatic nitrogens is 2. The maximum atomic E-state index is 5.80. The van der Waals surface area contributed by atoms with Crippen LogP contribution in [0.1, 0.15) is 24.9 Å². The zero-order chi connectivity index (χ0) is 14.5. The van der Waals surface area contributed by atoms with E-state index in [4.69, 9.17) is 4.42 Å². The maximum absolute atomic E-state index is 5.80. The number of hydrogen-bond donors (Lipinski definition) is 2. The molecule has 4 nitrogen and oxygen atoms in total. The van der Waals surface area contributed by atoms with E-state index in [2.05, 4.69) is 22.2 Å². The number of rotatable bonds is 7. The highest BCUT2D eigenvalue weighted by Crippen LogP contribution is 2.23. The lowest BCUT2D eigenvalue weighted by atomic mass is 10.3. The summed E-state index contributed by atoms with van der Waals surface area (Å²) in [6.07, 6.45) is 1.13. The van der Waals surface area contributed by atoms with Crippen molar-refractivity contribution in [3.05, 3.63) is 47.9 Å². The summed E-state index contributed by atoms with van der Waals surface area (Å²) in [7, 11) is 0. The van der Waals surface area contributed by atoms with Crippen molar-refractivity contribution in [3.8, 4) is 0 Å². The van der Waals surface area contributed by atoms with Crippen LogP contribution >= 0.6 is 11.8 Å². The molecule has 1 aromatic carbocycles. The molecule has 3 rings (SSSR count). The molecule has 3 aromatic rings. The van der Waals surface area contributed by atoms with Gasteiger partial charge in [-0.15, -0.1) is 0 Å². The molecule has 0 aliphatic heterocycles. The van der Waals surface area contributed by atoms with Crippen LogP contribution in [0.5, 0.6) is 0 Å². The first kappa shape index (κ1) is 14.2. The first-order chi connectivity index (χ1) is 10.3. The molecular formula is C16H19N3OS. The summed E-state index contributed by atoms with van der Waals surface area (Å²) in [4.78, 5) is 7.86. The summed E-state index contributed by atoms with van der Waals surface area (Å²) < 4.78 is 5.80. The molecular weight excluding hydrogens is 282 g/mol. The van der Waals surface area contributed by atoms with Crippen LogP contribution < -0.4 is 5.32 Å². The lowest BCUT2D eigenvalue weighted by Gasteiger charge is -1.99. The topological polar surface area (TPSA) is 53.9 Å². The first-order valence-electron chi connectivity index (χ1n) is 7.21. The number of fused-ring (bicyclic) bond motifs is 1. The van der Waals surface area contributed by atoms with Crippen LogP contribution in [0.4, 0.5) is 0 Å². The molecule has 2 N–H and O–H groups in total. The van der Waals surface area contributed by atoms with Gasteiger partial charge in [0, 0.05) is 0 Å². The number of nitrogens with zero attached hydrogens (tertiary/aromatic N) is 1. The van der Waals surface area contributed by atoms with E-state index in [0.717, 1.165) is 53.0 Å². The highest BCUT2D eigenvalue weighted by atomic mass is 32.2. The highest BCUT2D eigenvalue weighted by molar-refractivity contribution is 7.98. The molecule has 110 valence electrons. The van der Waals surface area contributed by atoms with Gasteiger partial charge in [-0.05, 0) is 37.2 Å². The van der Waals surface area contributed by atoms with Crippen LogP contribution in [-0.4, -0.2) is 16.5 Å². The summed E-state index contributed by atoms with van der Waals surface area (Å²) in [6, 6.07) is 12.1. The van der Waals surface area contributed by atoms with Gasteiger partial charge in [-0.2, -0.15) is 0 Å². The molecule has 5 heteroatoms. The standard InChI is InChI=1S/C16H19N3OS/c1-2-9-17-10-12-7-8-13(20-12)11-21-16-18-14-5-3-4-6-15(14)19-16/h3-8,17H,2,9-11H2,1H3,(H,18,19). The van der Waals surface area contributed by atoms with Gasteiger partial charge in [0.25, 0.3) is 0 Å². The molecule has 0 bridgehead atoms. The average molecular weight is 301 g/mol. The summed E-state index contributed by atoms with van der Waals surface area (Å²) in [5.74, 6) is 2.76. The minimum atomic E-state index is 0.785. The number of aromatic amines is 1. The Labute approximate surface area is 128 Å². The van der Waals surface area contributed by atoms with E-state index in [1.807, 2.05) is 36.4 Å². The van der Waals surface area contributed by atoms with Crippen LogP contribution in [0.15, 0.2) is 46.0 Å². The smallest absolute Gasteiger partial charge is 0.166 e. The summed E-state index contributed by atoms with van der Waals surface area (Å²) >= 11 is 1.66. The van der Waals surface area contributed by atoms with Gasteiger partial charge in [-0.1, -0.05) is 30.8 Å². The van der Waals surface area contributed by atoms with Crippen molar-refractivity contribution in [2.45, 2.75) is 30.8 Å². The molecule has 0 atom stereocenters. The van der Waals surface area contributed by atoms with Gasteiger partial charge < -0.3 is 14.7 Å². The van der Waals surface area contributed by atoms with E-state index in [9.17, 15) is 0 Å². The van der Waals surface area contributed by atoms with Crippen molar-refractivity contribution < 1.29 is 4.42 Å². The van der Waals surface area contributed by atoms with E-state index < -0.39 is 0 Å². The molecule has 21 heavy (non-hydrogen) atoms. The van der Waals surface area contributed by atoms with Gasteiger partial charge >= 0.3 is 0 Å². The van der Waals surface area contributed by atoms with E-state index in [-0.39, 0.29) is 0 Å². The summed E-state index contributed by atoms with van der Waals surface area (Å²) in [5, 5.41) is 4.27. The van der Waals surface area contributed by atoms with E-state index >= 15 is 0 Å². The molecule has 0 unspecified atom stereocenters. The normalized spacial score (nSPS) is 11.3. The quantitative estimate of drug-likeness (QED) is 0.512. The van der Waals surface area contributed by atoms with Crippen molar-refractivity contribution in [2.75, 3.05) is 6.54 Å². The molecule has 2 heterocycles. The molecule has 0 saturated heterocycles. The first-order valence-corrected chi connectivity index (χ1v) is 8.19. The van der Waals surface area contributed by atoms with Gasteiger partial charge in [0.2, 0.25) is 0 Å². The third-order valence-electron chi connectivity index (χ3n) is 3.16. The minimum absolute atomic E-state index is 0.785. The second kappa shape index (κ2) is 6.83. The third-order valence-corrected chi connectivity index (χ3v) is 4.06. The number of furan rings is 1. The van der Waals surface area contributed by atoms with Crippen LogP contribution in [0.25, 0.3) is 11.0 Å². The van der Waals surface area contributed by atoms with Gasteiger partial charge in [-0.3, -0.25) is 0 Å². The van der Waals surface area contributed by atoms with Crippen molar-refractivity contribution in [1.29, 1.82) is 0 Å². The Kier molecular flexibility index (Phi) is 4.62. The largest absolute Gasteiger partial charge is 0.464 e. The fourth-order valence-corrected chi connectivity index (χ4v) is 2.90. The van der Waals surface area contributed by atoms with Gasteiger partial charge in [0.15, 0.2) is 5.16 Å². The molecule has 2 aromatic heterocycles. The second-order valence-electron chi connectivity index (χ2n) is 4.89. The zero-order valence-electron chi connectivity index (χ0n) is 12.1. The monoisotopic (exact) mass is 301 g/mol. The number of para-hydroxylation sites is 2. The predicted molar refractivity (Wildman–Crippen MR) is 86.4 cm³/mol. The number of imidazole rings is 1. The van der Waals surface area contributed by atoms with Gasteiger partial charge in [-0.25, -0.2) is 4.98 Å². The zero-order valence-corrected chi connectivity index (χ0v) is 12.9. The Morgan fingerprint density at radius 1 is 1.19 bits per heavy atom. The third kappa shape index (κ3) is 3.68. The number of hydrogen-bond acceptors (Lipinski definition) is 4. The Bertz CT molecular complexity index is 671. The molecule has 0 radical (unpaired) electrons. The average Bonchev–Trinajstić information content (AvgIpc) is 3.11. The maximum Gasteiger partial charge on any atom is 0.166 e. The number of benzene rings is 1. The molecule has 0 spiro atoms. The lowest BCUT2D eigenvalue weighted by molar-refractivity contribution is 0.459. The van der Waals surface area contributed by atoms with E-state index in [1.54, 1.807) is 11.8 Å². The molecule has 0 amide bonds. The van der Waals surface area contributed by atoms with Gasteiger partial charge in [0.1, 0.15) is 11.5 Å². The van der Waals surface area contributed by atoms with Crippen LogP contribution in [-0.2, 0) is 12.3 Å². The summed E-state index contributed by atoms with van der Waals surface area (Å²) in [6.45, 7) is 3.97. The van der Waals surface area contributed by atoms with Crippen LogP contribution in [0.2, 0.25) is 0 Å². The number of nitrogens with one attached hydrogen (secondary N) is 2. The summed E-state index contributed by atoms with van der Waals surface area (Å²) in [5.41, 5.74) is 2.08. The Morgan fingerprint density at radius 3 is 2.90 bits per heavy atom. The molecule has 0 aliphatic rings. The van der Waals surface area contributed by atoms with Crippen molar-refractivity contribution in [2.24, 2.45) is 0 Å². The van der Waals surface area contributed by atoms with Gasteiger partial charge in [0.05, 0.1) is 23.3 Å². The van der Waals surface area contributed by atoms with Crippen molar-refractivity contribution in [1.82, 2.24) is 15.3 Å². The molecule has 0 aliphatic carbocycles. The second-order valence-corrected chi connectivity index (χ2v) is 5.86. The van der Waals surface area contributed by atoms with Crippen LogP contribution in [0.3, 0.4) is 0 Å². The fraction of sp³-hybridized carbons (Fsp3) is 0.312. The highest BCUT2D eigenvalue weighted by Gasteiger charge is 2.06. The lowest BCUT2D eigenvalue weighted by Crippen LogP contribution is -2.12. The predicted octanol–water partition coefficient (Wildman–Crippen LogP) is 3.95. The van der Waals surface area contributed by atoms with Crippen molar-refractivity contribution in [3.63, 3.8) is 0 Å². The van der Waals surface area contributed by atoms with Crippen LogP contribution in [0, 0.1) is 0 Å². The van der Waals surface area contributed by atoms with Crippen molar-refractivity contribution >= 4 is 22.8 Å².